The molecule has 0 aromatic heterocycles. The van der Waals surface area contributed by atoms with Crippen molar-refractivity contribution in [1.82, 2.24) is 0 Å². The second-order valence-electron chi connectivity index (χ2n) is 4.45. The highest BCUT2D eigenvalue weighted by atomic mass is 79.9. The number of aliphatic hydroxyl groups is 1. The maximum atomic E-state index is 9.96. The molecule has 1 fully saturated rings. The quantitative estimate of drug-likeness (QED) is 0.480. The molecule has 18 heavy (non-hydrogen) atoms. The van der Waals surface area contributed by atoms with Gasteiger partial charge in [0.25, 0.3) is 0 Å². The van der Waals surface area contributed by atoms with Gasteiger partial charge in [-0.15, -0.1) is 6.42 Å². The largest absolute Gasteiger partial charge is 0.390 e. The van der Waals surface area contributed by atoms with Gasteiger partial charge >= 0.3 is 0 Å². The molecule has 2 nitrogen and oxygen atoms in total. The first kappa shape index (κ1) is 15.5. The summed E-state index contributed by atoms with van der Waals surface area (Å²) in [5, 5.41) is 9.96. The van der Waals surface area contributed by atoms with Crippen LogP contribution in [0.2, 0.25) is 0 Å². The van der Waals surface area contributed by atoms with Gasteiger partial charge in [-0.1, -0.05) is 47.0 Å². The van der Waals surface area contributed by atoms with Crippen LogP contribution in [0.1, 0.15) is 32.6 Å². The highest BCUT2D eigenvalue weighted by molar-refractivity contribution is 9.09. The number of hydrogen-bond donors (Lipinski definition) is 1. The lowest BCUT2D eigenvalue weighted by Crippen LogP contribution is -2.44. The van der Waals surface area contributed by atoms with Gasteiger partial charge in [0.05, 0.1) is 18.3 Å². The molecule has 0 aromatic carbocycles. The average molecular weight is 313 g/mol. The zero-order chi connectivity index (χ0) is 13.4. The van der Waals surface area contributed by atoms with Crippen LogP contribution in [-0.4, -0.2) is 28.2 Å². The molecule has 0 amide bonds. The molecule has 0 radical (unpaired) electrons. The molecule has 0 unspecified atom stereocenters. The van der Waals surface area contributed by atoms with E-state index in [1.54, 1.807) is 6.08 Å². The molecule has 0 bridgehead atoms. The third-order valence-corrected chi connectivity index (χ3v) is 4.04. The smallest absolute Gasteiger partial charge is 0.0872 e. The fraction of sp³-hybridized carbons (Fsp3) is 0.600. The minimum Gasteiger partial charge on any atom is -0.390 e. The van der Waals surface area contributed by atoms with Gasteiger partial charge in [0.1, 0.15) is 0 Å². The fourth-order valence-corrected chi connectivity index (χ4v) is 2.92. The number of aliphatic hydroxyl groups excluding tert-OH is 1. The zero-order valence-electron chi connectivity index (χ0n) is 10.8. The van der Waals surface area contributed by atoms with Gasteiger partial charge in [0, 0.05) is 4.83 Å². The van der Waals surface area contributed by atoms with Crippen LogP contribution < -0.4 is 0 Å². The van der Waals surface area contributed by atoms with Gasteiger partial charge < -0.3 is 9.84 Å². The number of rotatable bonds is 5. The molecule has 1 aliphatic heterocycles. The standard InChI is InChI=1S/C15H21BrO2/c1-3-5-6-7-8-9-10-15-13(17)11-12(16)14(4-2)18-15/h1,5-6,8-9,12-15,17H,4,7,10-11H2,2H3/b6-5-,9-8+/t12-,13-,14+,15-/m1/s1. The molecule has 0 aliphatic carbocycles. The zero-order valence-corrected chi connectivity index (χ0v) is 12.3. The number of halogens is 1. The lowest BCUT2D eigenvalue weighted by molar-refractivity contribution is -0.111. The summed E-state index contributed by atoms with van der Waals surface area (Å²) >= 11 is 3.56. The summed E-state index contributed by atoms with van der Waals surface area (Å²) in [5.74, 6) is 2.45. The Kier molecular flexibility index (Phi) is 7.34. The third kappa shape index (κ3) is 4.97. The molecular formula is C15H21BrO2. The first-order chi connectivity index (χ1) is 8.69. The third-order valence-electron chi connectivity index (χ3n) is 3.07. The van der Waals surface area contributed by atoms with E-state index >= 15 is 0 Å². The summed E-state index contributed by atoms with van der Waals surface area (Å²) in [7, 11) is 0. The van der Waals surface area contributed by atoms with Gasteiger partial charge in [0.2, 0.25) is 0 Å². The highest BCUT2D eigenvalue weighted by Gasteiger charge is 2.33. The summed E-state index contributed by atoms with van der Waals surface area (Å²) in [5.41, 5.74) is 0. The Labute approximate surface area is 118 Å². The number of ether oxygens (including phenoxy) is 1. The van der Waals surface area contributed by atoms with Crippen LogP contribution in [0.3, 0.4) is 0 Å². The minimum absolute atomic E-state index is 0.0865. The number of hydrogen-bond acceptors (Lipinski definition) is 2. The van der Waals surface area contributed by atoms with Crippen LogP contribution in [0, 0.1) is 12.3 Å². The monoisotopic (exact) mass is 312 g/mol. The van der Waals surface area contributed by atoms with Crippen LogP contribution in [0.5, 0.6) is 0 Å². The summed E-state index contributed by atoms with van der Waals surface area (Å²) < 4.78 is 5.89. The minimum atomic E-state index is -0.386. The van der Waals surface area contributed by atoms with Crippen molar-refractivity contribution in [3.63, 3.8) is 0 Å². The van der Waals surface area contributed by atoms with Crippen LogP contribution in [0.25, 0.3) is 0 Å². The van der Waals surface area contributed by atoms with Crippen molar-refractivity contribution in [2.75, 3.05) is 0 Å². The SMILES string of the molecule is C#C/C=C\C/C=C/C[C@H]1O[C@@H](CC)[C@H](Br)C[C@H]1O. The van der Waals surface area contributed by atoms with Gasteiger partial charge in [0.15, 0.2) is 0 Å². The molecule has 1 aliphatic rings. The van der Waals surface area contributed by atoms with Crippen molar-refractivity contribution in [1.29, 1.82) is 0 Å². The van der Waals surface area contributed by atoms with E-state index in [0.717, 1.165) is 25.7 Å². The van der Waals surface area contributed by atoms with E-state index in [9.17, 15) is 5.11 Å². The van der Waals surface area contributed by atoms with Crippen LogP contribution in [0.4, 0.5) is 0 Å². The average Bonchev–Trinajstić information content (AvgIpc) is 2.36. The molecule has 100 valence electrons. The van der Waals surface area contributed by atoms with Gasteiger partial charge in [-0.05, 0) is 31.8 Å². The molecule has 1 saturated heterocycles. The Morgan fingerprint density at radius 1 is 1.39 bits per heavy atom. The van der Waals surface area contributed by atoms with Gasteiger partial charge in [-0.3, -0.25) is 0 Å². The van der Waals surface area contributed by atoms with Gasteiger partial charge in [-0.2, -0.15) is 0 Å². The number of terminal acetylenes is 1. The van der Waals surface area contributed by atoms with E-state index in [1.807, 2.05) is 12.2 Å². The Morgan fingerprint density at radius 3 is 2.83 bits per heavy atom. The molecular weight excluding hydrogens is 292 g/mol. The molecule has 0 saturated carbocycles. The fourth-order valence-electron chi connectivity index (χ4n) is 2.04. The molecule has 3 heteroatoms. The first-order valence-electron chi connectivity index (χ1n) is 6.42. The Hall–Kier alpha value is -0.560. The number of alkyl halides is 1. The predicted octanol–water partition coefficient (Wildman–Crippen LogP) is 3.20. The maximum Gasteiger partial charge on any atom is 0.0872 e. The number of allylic oxidation sites excluding steroid dienone is 3. The van der Waals surface area contributed by atoms with Crippen molar-refractivity contribution < 1.29 is 9.84 Å². The Morgan fingerprint density at radius 2 is 2.17 bits per heavy atom. The first-order valence-corrected chi connectivity index (χ1v) is 7.34. The van der Waals surface area contributed by atoms with E-state index in [-0.39, 0.29) is 23.1 Å². The molecule has 1 N–H and O–H groups in total. The molecule has 1 heterocycles. The van der Waals surface area contributed by atoms with Crippen molar-refractivity contribution in [3.8, 4) is 12.3 Å². The van der Waals surface area contributed by atoms with Crippen molar-refractivity contribution in [2.24, 2.45) is 0 Å². The second kappa shape index (κ2) is 8.53. The van der Waals surface area contributed by atoms with Crippen molar-refractivity contribution in [3.05, 3.63) is 24.3 Å². The maximum absolute atomic E-state index is 9.96. The molecule has 4 atom stereocenters. The van der Waals surface area contributed by atoms with Crippen LogP contribution in [0.15, 0.2) is 24.3 Å². The Bertz CT molecular complexity index is 330. The summed E-state index contributed by atoms with van der Waals surface area (Å²) in [6.45, 7) is 2.11. The second-order valence-corrected chi connectivity index (χ2v) is 5.63. The normalized spacial score (nSPS) is 33.0. The van der Waals surface area contributed by atoms with Gasteiger partial charge in [-0.25, -0.2) is 0 Å². The van der Waals surface area contributed by atoms with Crippen LogP contribution >= 0.6 is 15.9 Å². The predicted molar refractivity (Wildman–Crippen MR) is 78.6 cm³/mol. The molecule has 0 aromatic rings. The summed E-state index contributed by atoms with van der Waals surface area (Å²) in [4.78, 5) is 0.260. The van der Waals surface area contributed by atoms with Crippen LogP contribution in [-0.2, 0) is 4.74 Å². The summed E-state index contributed by atoms with van der Waals surface area (Å²) in [6, 6.07) is 0. The van der Waals surface area contributed by atoms with E-state index in [4.69, 9.17) is 11.2 Å². The van der Waals surface area contributed by atoms with Crippen molar-refractivity contribution >= 4 is 15.9 Å². The molecule has 1 rings (SSSR count). The van der Waals surface area contributed by atoms with E-state index in [0.29, 0.717) is 0 Å². The topological polar surface area (TPSA) is 29.5 Å². The van der Waals surface area contributed by atoms with E-state index in [2.05, 4.69) is 34.9 Å². The highest BCUT2D eigenvalue weighted by Crippen LogP contribution is 2.29. The molecule has 0 spiro atoms. The lowest BCUT2D eigenvalue weighted by Gasteiger charge is -2.36. The van der Waals surface area contributed by atoms with E-state index < -0.39 is 0 Å². The van der Waals surface area contributed by atoms with E-state index in [1.165, 1.54) is 0 Å². The lowest BCUT2D eigenvalue weighted by atomic mass is 9.97. The Balaban J connectivity index is 2.37. The summed E-state index contributed by atoms with van der Waals surface area (Å²) in [6.07, 6.45) is 15.9. The van der Waals surface area contributed by atoms with Crippen molar-refractivity contribution in [2.45, 2.75) is 55.7 Å².